The van der Waals surface area contributed by atoms with Crippen LogP contribution in [0.4, 0.5) is 9.52 Å². The fourth-order valence-corrected chi connectivity index (χ4v) is 2.58. The zero-order chi connectivity index (χ0) is 11.5. The molecule has 0 amide bonds. The van der Waals surface area contributed by atoms with Crippen molar-refractivity contribution in [2.24, 2.45) is 0 Å². The van der Waals surface area contributed by atoms with E-state index in [9.17, 15) is 4.39 Å². The van der Waals surface area contributed by atoms with E-state index in [-0.39, 0.29) is 5.82 Å². The number of nitrogens with two attached hydrogens (primary N) is 1. The zero-order valence-corrected chi connectivity index (χ0v) is 9.85. The van der Waals surface area contributed by atoms with Crippen molar-refractivity contribution in [2.75, 3.05) is 5.73 Å². The molecule has 1 heterocycles. The minimum Gasteiger partial charge on any atom is -0.375 e. The van der Waals surface area contributed by atoms with Crippen molar-refractivity contribution in [2.45, 2.75) is 19.8 Å². The van der Waals surface area contributed by atoms with E-state index < -0.39 is 0 Å². The first kappa shape index (κ1) is 11.1. The van der Waals surface area contributed by atoms with Crippen molar-refractivity contribution >= 4 is 16.5 Å². The van der Waals surface area contributed by atoms with Gasteiger partial charge >= 0.3 is 0 Å². The second kappa shape index (κ2) is 4.61. The van der Waals surface area contributed by atoms with Crippen molar-refractivity contribution in [3.8, 4) is 0 Å². The van der Waals surface area contributed by atoms with Crippen molar-refractivity contribution < 1.29 is 4.39 Å². The van der Waals surface area contributed by atoms with Crippen LogP contribution < -0.4 is 5.73 Å². The largest absolute Gasteiger partial charge is 0.375 e. The third kappa shape index (κ3) is 2.22. The first-order valence-electron chi connectivity index (χ1n) is 5.18. The van der Waals surface area contributed by atoms with Crippen LogP contribution in [-0.4, -0.2) is 4.98 Å². The monoisotopic (exact) mass is 236 g/mol. The highest BCUT2D eigenvalue weighted by Crippen LogP contribution is 2.24. The first-order chi connectivity index (χ1) is 7.70. The predicted molar refractivity (Wildman–Crippen MR) is 65.1 cm³/mol. The van der Waals surface area contributed by atoms with Gasteiger partial charge in [0, 0.05) is 11.3 Å². The second-order valence-electron chi connectivity index (χ2n) is 3.54. The van der Waals surface area contributed by atoms with Crippen LogP contribution in [0.1, 0.15) is 23.1 Å². The molecule has 0 saturated heterocycles. The van der Waals surface area contributed by atoms with Gasteiger partial charge in [-0.1, -0.05) is 25.1 Å². The molecule has 0 aliphatic heterocycles. The third-order valence-corrected chi connectivity index (χ3v) is 3.37. The molecule has 0 unspecified atom stereocenters. The van der Waals surface area contributed by atoms with E-state index in [0.29, 0.717) is 17.1 Å². The smallest absolute Gasteiger partial charge is 0.180 e. The Labute approximate surface area is 97.9 Å². The first-order valence-corrected chi connectivity index (χ1v) is 5.99. The highest BCUT2D eigenvalue weighted by Gasteiger charge is 2.10. The molecule has 84 valence electrons. The normalized spacial score (nSPS) is 10.6. The number of anilines is 1. The molecule has 2 aromatic rings. The standard InChI is InChI=1S/C12H13FN2S/c1-2-10-11(16-12(14)15-10)7-8-5-3-4-6-9(8)13/h3-6H,2,7H2,1H3,(H2,14,15). The maximum atomic E-state index is 13.5. The molecule has 1 aromatic carbocycles. The van der Waals surface area contributed by atoms with E-state index in [0.717, 1.165) is 17.0 Å². The number of thiazole rings is 1. The zero-order valence-electron chi connectivity index (χ0n) is 9.03. The summed E-state index contributed by atoms with van der Waals surface area (Å²) in [5.74, 6) is -0.170. The van der Waals surface area contributed by atoms with Gasteiger partial charge < -0.3 is 5.73 Å². The average molecular weight is 236 g/mol. The molecule has 0 atom stereocenters. The quantitative estimate of drug-likeness (QED) is 0.889. The van der Waals surface area contributed by atoms with Crippen LogP contribution in [0.3, 0.4) is 0 Å². The Morgan fingerprint density at radius 3 is 2.81 bits per heavy atom. The van der Waals surface area contributed by atoms with E-state index in [1.165, 1.54) is 17.4 Å². The highest BCUT2D eigenvalue weighted by molar-refractivity contribution is 7.15. The lowest BCUT2D eigenvalue weighted by atomic mass is 10.1. The van der Waals surface area contributed by atoms with Gasteiger partial charge in [-0.05, 0) is 18.1 Å². The molecule has 16 heavy (non-hydrogen) atoms. The SMILES string of the molecule is CCc1nc(N)sc1Cc1ccccc1F. The summed E-state index contributed by atoms with van der Waals surface area (Å²) >= 11 is 1.44. The Bertz CT molecular complexity index is 494. The molecule has 0 radical (unpaired) electrons. The lowest BCUT2D eigenvalue weighted by molar-refractivity contribution is 0.614. The molecule has 0 aliphatic rings. The van der Waals surface area contributed by atoms with Gasteiger partial charge in [0.05, 0.1) is 5.69 Å². The number of aryl methyl sites for hydroxylation is 1. The van der Waals surface area contributed by atoms with E-state index in [2.05, 4.69) is 4.98 Å². The number of rotatable bonds is 3. The van der Waals surface area contributed by atoms with Crippen LogP contribution in [0.15, 0.2) is 24.3 Å². The Kier molecular flexibility index (Phi) is 3.19. The molecule has 0 spiro atoms. The van der Waals surface area contributed by atoms with Gasteiger partial charge in [-0.25, -0.2) is 9.37 Å². The molecule has 0 aliphatic carbocycles. The third-order valence-electron chi connectivity index (χ3n) is 2.44. The van der Waals surface area contributed by atoms with Crippen LogP contribution >= 0.6 is 11.3 Å². The number of benzene rings is 1. The van der Waals surface area contributed by atoms with Crippen molar-refractivity contribution in [3.63, 3.8) is 0 Å². The molecular weight excluding hydrogens is 223 g/mol. The molecule has 0 bridgehead atoms. The van der Waals surface area contributed by atoms with Crippen LogP contribution in [0.25, 0.3) is 0 Å². The minimum atomic E-state index is -0.170. The fraction of sp³-hybridized carbons (Fsp3) is 0.250. The number of hydrogen-bond donors (Lipinski definition) is 1. The van der Waals surface area contributed by atoms with Crippen LogP contribution in [0.2, 0.25) is 0 Å². The molecule has 2 N–H and O–H groups in total. The molecule has 4 heteroatoms. The molecule has 2 rings (SSSR count). The Morgan fingerprint density at radius 2 is 2.12 bits per heavy atom. The molecular formula is C12H13FN2S. The molecule has 1 aromatic heterocycles. The van der Waals surface area contributed by atoms with Gasteiger partial charge in [-0.3, -0.25) is 0 Å². The molecule has 0 fully saturated rings. The number of halogens is 1. The lowest BCUT2D eigenvalue weighted by Crippen LogP contribution is -1.93. The number of nitrogen functional groups attached to an aromatic ring is 1. The van der Waals surface area contributed by atoms with E-state index in [1.54, 1.807) is 12.1 Å². The maximum Gasteiger partial charge on any atom is 0.180 e. The summed E-state index contributed by atoms with van der Waals surface area (Å²) < 4.78 is 13.5. The van der Waals surface area contributed by atoms with Gasteiger partial charge in [-0.15, -0.1) is 11.3 Å². The van der Waals surface area contributed by atoms with E-state index in [1.807, 2.05) is 13.0 Å². The second-order valence-corrected chi connectivity index (χ2v) is 4.66. The fourth-order valence-electron chi connectivity index (χ4n) is 1.63. The minimum absolute atomic E-state index is 0.170. The van der Waals surface area contributed by atoms with Gasteiger partial charge in [-0.2, -0.15) is 0 Å². The Morgan fingerprint density at radius 1 is 1.38 bits per heavy atom. The van der Waals surface area contributed by atoms with Gasteiger partial charge in [0.1, 0.15) is 5.82 Å². The summed E-state index contributed by atoms with van der Waals surface area (Å²) in [7, 11) is 0. The molecule has 2 nitrogen and oxygen atoms in total. The van der Waals surface area contributed by atoms with Gasteiger partial charge in [0.15, 0.2) is 5.13 Å². The van der Waals surface area contributed by atoms with Crippen LogP contribution in [0, 0.1) is 5.82 Å². The maximum absolute atomic E-state index is 13.5. The topological polar surface area (TPSA) is 38.9 Å². The summed E-state index contributed by atoms with van der Waals surface area (Å²) in [6.45, 7) is 2.03. The van der Waals surface area contributed by atoms with Crippen LogP contribution in [0.5, 0.6) is 0 Å². The summed E-state index contributed by atoms with van der Waals surface area (Å²) in [6.07, 6.45) is 1.40. The van der Waals surface area contributed by atoms with E-state index in [4.69, 9.17) is 5.73 Å². The average Bonchev–Trinajstić information content (AvgIpc) is 2.62. The predicted octanol–water partition coefficient (Wildman–Crippen LogP) is 3.02. The van der Waals surface area contributed by atoms with Gasteiger partial charge in [0.25, 0.3) is 0 Å². The number of nitrogens with zero attached hydrogens (tertiary/aromatic N) is 1. The van der Waals surface area contributed by atoms with Crippen molar-refractivity contribution in [1.29, 1.82) is 0 Å². The summed E-state index contributed by atoms with van der Waals surface area (Å²) in [6, 6.07) is 6.81. The van der Waals surface area contributed by atoms with Crippen molar-refractivity contribution in [3.05, 3.63) is 46.2 Å². The van der Waals surface area contributed by atoms with Gasteiger partial charge in [0.2, 0.25) is 0 Å². The van der Waals surface area contributed by atoms with Crippen molar-refractivity contribution in [1.82, 2.24) is 4.98 Å². The highest BCUT2D eigenvalue weighted by atomic mass is 32.1. The van der Waals surface area contributed by atoms with Crippen LogP contribution in [-0.2, 0) is 12.8 Å². The Balaban J connectivity index is 2.30. The van der Waals surface area contributed by atoms with E-state index >= 15 is 0 Å². The lowest BCUT2D eigenvalue weighted by Gasteiger charge is -2.01. The number of aromatic nitrogens is 1. The summed E-state index contributed by atoms with van der Waals surface area (Å²) in [4.78, 5) is 5.29. The summed E-state index contributed by atoms with van der Waals surface area (Å²) in [5.41, 5.74) is 7.33. The Hall–Kier alpha value is -1.42. The number of hydrogen-bond acceptors (Lipinski definition) is 3. The summed E-state index contributed by atoms with van der Waals surface area (Å²) in [5, 5.41) is 0.559. The molecule has 0 saturated carbocycles.